The van der Waals surface area contributed by atoms with Crippen LogP contribution < -0.4 is 0 Å². The highest BCUT2D eigenvalue weighted by Gasteiger charge is 2.30. The molecule has 0 aromatic carbocycles. The molecule has 0 aliphatic rings. The van der Waals surface area contributed by atoms with Crippen molar-refractivity contribution >= 4 is 39.5 Å². The fourth-order valence-corrected chi connectivity index (χ4v) is 13.5. The zero-order chi connectivity index (χ0) is 71.6. The van der Waals surface area contributed by atoms with E-state index in [2.05, 4.69) is 48.5 Å². The van der Waals surface area contributed by atoms with E-state index in [0.717, 1.165) is 120 Å². The number of aliphatic hydroxyl groups is 1. The zero-order valence-corrected chi connectivity index (χ0v) is 65.3. The van der Waals surface area contributed by atoms with Gasteiger partial charge in [-0.1, -0.05) is 350 Å². The number of aliphatic hydroxyl groups excluding tert-OH is 1. The number of carbonyl (C=O) groups excluding carboxylic acids is 4. The maximum atomic E-state index is 13.1. The predicted octanol–water partition coefficient (Wildman–Crippen LogP) is 23.0. The van der Waals surface area contributed by atoms with E-state index < -0.39 is 97.5 Å². The highest BCUT2D eigenvalue weighted by molar-refractivity contribution is 7.47. The minimum absolute atomic E-state index is 0.106. The van der Waals surface area contributed by atoms with Crippen LogP contribution in [0, 0.1) is 17.8 Å². The van der Waals surface area contributed by atoms with Crippen LogP contribution in [-0.2, 0) is 65.4 Å². The van der Waals surface area contributed by atoms with Crippen LogP contribution in [-0.4, -0.2) is 96.7 Å². The Bertz CT molecular complexity index is 1890. The highest BCUT2D eigenvalue weighted by atomic mass is 31.2. The monoisotopic (exact) mass is 1420 g/mol. The van der Waals surface area contributed by atoms with E-state index in [-0.39, 0.29) is 25.7 Å². The van der Waals surface area contributed by atoms with Gasteiger partial charge in [-0.05, 0) is 43.4 Å². The number of phosphoric ester groups is 2. The lowest BCUT2D eigenvalue weighted by molar-refractivity contribution is -0.161. The van der Waals surface area contributed by atoms with Crippen LogP contribution in [0.15, 0.2) is 0 Å². The summed E-state index contributed by atoms with van der Waals surface area (Å²) in [6.07, 6.45) is 55.6. The van der Waals surface area contributed by atoms with Crippen molar-refractivity contribution in [2.45, 2.75) is 420 Å². The number of esters is 4. The zero-order valence-electron chi connectivity index (χ0n) is 63.5. The summed E-state index contributed by atoms with van der Waals surface area (Å²) in [4.78, 5) is 72.8. The van der Waals surface area contributed by atoms with Gasteiger partial charge in [0.05, 0.1) is 26.4 Å². The third kappa shape index (κ3) is 70.9. The van der Waals surface area contributed by atoms with Crippen LogP contribution in [0.3, 0.4) is 0 Å². The van der Waals surface area contributed by atoms with E-state index >= 15 is 0 Å². The van der Waals surface area contributed by atoms with Crippen molar-refractivity contribution in [3.63, 3.8) is 0 Å². The topological polar surface area (TPSA) is 237 Å². The van der Waals surface area contributed by atoms with E-state index in [1.54, 1.807) is 0 Å². The predicted molar refractivity (Wildman–Crippen MR) is 395 cm³/mol. The Balaban J connectivity index is 5.20. The molecule has 3 unspecified atom stereocenters. The van der Waals surface area contributed by atoms with Gasteiger partial charge in [-0.15, -0.1) is 0 Å². The highest BCUT2D eigenvalue weighted by Crippen LogP contribution is 2.45. The van der Waals surface area contributed by atoms with Crippen LogP contribution in [0.1, 0.15) is 402 Å². The molecule has 0 bridgehead atoms. The van der Waals surface area contributed by atoms with Gasteiger partial charge in [-0.2, -0.15) is 0 Å². The molecule has 0 amide bonds. The van der Waals surface area contributed by atoms with Crippen LogP contribution in [0.2, 0.25) is 0 Å². The minimum Gasteiger partial charge on any atom is -0.462 e. The number of rotatable bonds is 76. The lowest BCUT2D eigenvalue weighted by Crippen LogP contribution is -2.30. The fraction of sp³-hybridized carbons (Fsp3) is 0.949. The molecule has 0 saturated carbocycles. The normalized spacial score (nSPS) is 14.3. The Morgan fingerprint density at radius 3 is 0.784 bits per heavy atom. The van der Waals surface area contributed by atoms with Crippen molar-refractivity contribution in [2.24, 2.45) is 17.8 Å². The molecule has 3 N–H and O–H groups in total. The molecule has 0 aliphatic heterocycles. The molecule has 97 heavy (non-hydrogen) atoms. The van der Waals surface area contributed by atoms with Gasteiger partial charge in [0.15, 0.2) is 12.2 Å². The number of carbonyl (C=O) groups is 4. The van der Waals surface area contributed by atoms with E-state index in [1.807, 2.05) is 0 Å². The van der Waals surface area contributed by atoms with Crippen molar-refractivity contribution in [3.05, 3.63) is 0 Å². The molecule has 0 aromatic rings. The number of unbranched alkanes of at least 4 members (excludes halogenated alkanes) is 43. The van der Waals surface area contributed by atoms with E-state index in [1.165, 1.54) is 199 Å². The molecule has 0 rings (SSSR count). The second kappa shape index (κ2) is 68.5. The summed E-state index contributed by atoms with van der Waals surface area (Å²) < 4.78 is 68.5. The van der Waals surface area contributed by atoms with E-state index in [9.17, 15) is 43.2 Å². The first kappa shape index (κ1) is 95.1. The van der Waals surface area contributed by atoms with Gasteiger partial charge in [-0.25, -0.2) is 9.13 Å². The van der Waals surface area contributed by atoms with Gasteiger partial charge < -0.3 is 33.8 Å². The fourth-order valence-electron chi connectivity index (χ4n) is 11.9. The number of hydrogen-bond acceptors (Lipinski definition) is 15. The molecule has 0 spiro atoms. The third-order valence-corrected chi connectivity index (χ3v) is 20.4. The van der Waals surface area contributed by atoms with Gasteiger partial charge >= 0.3 is 39.5 Å². The molecule has 0 saturated heterocycles. The minimum atomic E-state index is -4.96. The van der Waals surface area contributed by atoms with Crippen molar-refractivity contribution in [3.8, 4) is 0 Å². The van der Waals surface area contributed by atoms with Crippen LogP contribution in [0.4, 0.5) is 0 Å². The first-order valence-electron chi connectivity index (χ1n) is 40.4. The molecular formula is C78H152O17P2. The Kier molecular flexibility index (Phi) is 67.1. The molecule has 19 heteroatoms. The van der Waals surface area contributed by atoms with Gasteiger partial charge in [0.1, 0.15) is 19.3 Å². The summed E-state index contributed by atoms with van der Waals surface area (Å²) in [7, 11) is -9.91. The maximum absolute atomic E-state index is 13.1. The van der Waals surface area contributed by atoms with Gasteiger partial charge in [0.25, 0.3) is 0 Å². The van der Waals surface area contributed by atoms with Crippen LogP contribution in [0.5, 0.6) is 0 Å². The molecule has 0 radical (unpaired) electrons. The Labute approximate surface area is 594 Å². The molecule has 0 fully saturated rings. The lowest BCUT2D eigenvalue weighted by Gasteiger charge is -2.21. The number of phosphoric acid groups is 2. The smallest absolute Gasteiger partial charge is 0.462 e. The van der Waals surface area contributed by atoms with Crippen LogP contribution in [0.25, 0.3) is 0 Å². The summed E-state index contributed by atoms with van der Waals surface area (Å²) in [5, 5.41) is 10.6. The van der Waals surface area contributed by atoms with Crippen molar-refractivity contribution < 1.29 is 80.2 Å². The Hall–Kier alpha value is -1.94. The van der Waals surface area contributed by atoms with Gasteiger partial charge in [0, 0.05) is 25.7 Å². The molecule has 0 heterocycles. The van der Waals surface area contributed by atoms with Crippen molar-refractivity contribution in [1.29, 1.82) is 0 Å². The summed E-state index contributed by atoms with van der Waals surface area (Å²) in [5.41, 5.74) is 0. The van der Waals surface area contributed by atoms with Gasteiger partial charge in [-0.3, -0.25) is 37.3 Å². The van der Waals surface area contributed by atoms with Gasteiger partial charge in [0.2, 0.25) is 0 Å². The summed E-state index contributed by atoms with van der Waals surface area (Å²) in [5.74, 6) is 0.293. The first-order valence-corrected chi connectivity index (χ1v) is 43.4. The second-order valence-electron chi connectivity index (χ2n) is 29.3. The second-order valence-corrected chi connectivity index (χ2v) is 32.2. The average Bonchev–Trinajstić information content (AvgIpc) is 1.68. The molecule has 6 atom stereocenters. The standard InChI is InChI=1S/C78H152O17P2/c1-8-10-11-12-35-45-52-59-75(80)88-65-73(94-78(83)62-55-48-41-34-28-27-31-38-44-51-58-71(7)9-2)67-92-96(84,85)90-63-72(79)64-91-97(86,87)93-68-74(95-77(82)61-54-47-40-33-26-22-18-14-16-20-24-30-37-43-50-57-70(5)6)66-89-76(81)60-53-46-39-32-25-21-17-13-15-19-23-29-36-42-49-56-69(3)4/h69-74,79H,8-68H2,1-7H3,(H,84,85)(H,86,87)/t71?,72-,73+,74+/m0/s1. The maximum Gasteiger partial charge on any atom is 0.472 e. The van der Waals surface area contributed by atoms with Crippen molar-refractivity contribution in [1.82, 2.24) is 0 Å². The van der Waals surface area contributed by atoms with E-state index in [0.29, 0.717) is 25.7 Å². The lowest BCUT2D eigenvalue weighted by atomic mass is 9.99. The summed E-state index contributed by atoms with van der Waals surface area (Å²) >= 11 is 0. The SMILES string of the molecule is CCCCCCCCCC(=O)OC[C@H](COP(=O)(O)OC[C@H](O)COP(=O)(O)OC[C@@H](COC(=O)CCCCCCCCCCCCCCCCCC(C)C)OC(=O)CCCCCCCCCCCCCCCCCC(C)C)OC(=O)CCCCCCCCCCCCC(C)CC. The van der Waals surface area contributed by atoms with Crippen molar-refractivity contribution in [2.75, 3.05) is 39.6 Å². The largest absolute Gasteiger partial charge is 0.472 e. The number of ether oxygens (including phenoxy) is 4. The third-order valence-electron chi connectivity index (χ3n) is 18.5. The summed E-state index contributed by atoms with van der Waals surface area (Å²) in [6.45, 7) is 12.0. The molecular weight excluding hydrogens is 1270 g/mol. The Morgan fingerprint density at radius 2 is 0.526 bits per heavy atom. The first-order chi connectivity index (χ1) is 46.8. The molecule has 0 aromatic heterocycles. The molecule has 17 nitrogen and oxygen atoms in total. The summed E-state index contributed by atoms with van der Waals surface area (Å²) in [6, 6.07) is 0. The molecule has 0 aliphatic carbocycles. The number of hydrogen-bond donors (Lipinski definition) is 3. The Morgan fingerprint density at radius 1 is 0.299 bits per heavy atom. The quantitative estimate of drug-likeness (QED) is 0.0222. The molecule has 576 valence electrons. The average molecular weight is 1420 g/mol. The van der Waals surface area contributed by atoms with Crippen LogP contribution >= 0.6 is 15.6 Å². The van der Waals surface area contributed by atoms with E-state index in [4.69, 9.17) is 37.0 Å².